The zero-order valence-corrected chi connectivity index (χ0v) is 6.65. The minimum atomic E-state index is 0.00926. The van der Waals surface area contributed by atoms with Crippen molar-refractivity contribution in [1.29, 1.82) is 5.41 Å². The van der Waals surface area contributed by atoms with Gasteiger partial charge in [-0.3, -0.25) is 5.41 Å². The predicted molar refractivity (Wildman–Crippen MR) is 42.0 cm³/mol. The summed E-state index contributed by atoms with van der Waals surface area (Å²) in [6, 6.07) is 1.72. The van der Waals surface area contributed by atoms with Gasteiger partial charge >= 0.3 is 0 Å². The molecule has 0 fully saturated rings. The Hall–Kier alpha value is -0.0500. The van der Waals surface area contributed by atoms with E-state index in [1.165, 1.54) is 11.3 Å². The third-order valence-electron chi connectivity index (χ3n) is 0.817. The first-order chi connectivity index (χ1) is 4.22. The number of hydrogen-bond acceptors (Lipinski definition) is 2. The van der Waals surface area contributed by atoms with E-state index in [1.807, 2.05) is 0 Å². The Morgan fingerprint density at radius 3 is 2.56 bits per heavy atom. The van der Waals surface area contributed by atoms with Crippen LogP contribution in [0.3, 0.4) is 0 Å². The Kier molecular flexibility index (Phi) is 2.11. The van der Waals surface area contributed by atoms with Crippen molar-refractivity contribution < 1.29 is 0 Å². The lowest BCUT2D eigenvalue weighted by atomic mass is 10.5. The maximum Gasteiger partial charge on any atom is 0.139 e. The lowest BCUT2D eigenvalue weighted by Crippen LogP contribution is -1.81. The standard InChI is InChI=1S/C5H3Cl2NS/c6-3-1-2-9-4(3)5(7)8/h1-2,8H. The van der Waals surface area contributed by atoms with Crippen molar-refractivity contribution in [3.05, 3.63) is 21.3 Å². The van der Waals surface area contributed by atoms with E-state index in [0.29, 0.717) is 9.90 Å². The molecule has 0 unspecified atom stereocenters. The minimum absolute atomic E-state index is 0.00926. The molecule has 1 heterocycles. The van der Waals surface area contributed by atoms with E-state index in [0.717, 1.165) is 0 Å². The highest BCUT2D eigenvalue weighted by molar-refractivity contribution is 7.14. The molecule has 0 aromatic carbocycles. The fourth-order valence-electron chi connectivity index (χ4n) is 0.450. The molecule has 0 saturated carbocycles. The molecule has 0 aliphatic rings. The molecule has 0 aliphatic heterocycles. The third-order valence-corrected chi connectivity index (χ3v) is 2.48. The highest BCUT2D eigenvalue weighted by Crippen LogP contribution is 2.23. The summed E-state index contributed by atoms with van der Waals surface area (Å²) in [4.78, 5) is 0.637. The van der Waals surface area contributed by atoms with Gasteiger partial charge in [-0.15, -0.1) is 11.3 Å². The smallest absolute Gasteiger partial charge is 0.139 e. The molecule has 0 bridgehead atoms. The Morgan fingerprint density at radius 2 is 2.33 bits per heavy atom. The van der Waals surface area contributed by atoms with E-state index in [1.54, 1.807) is 11.4 Å². The topological polar surface area (TPSA) is 23.9 Å². The van der Waals surface area contributed by atoms with Crippen LogP contribution >= 0.6 is 34.5 Å². The van der Waals surface area contributed by atoms with E-state index < -0.39 is 0 Å². The van der Waals surface area contributed by atoms with Crippen LogP contribution in [0.25, 0.3) is 0 Å². The van der Waals surface area contributed by atoms with Gasteiger partial charge in [-0.2, -0.15) is 0 Å². The maximum atomic E-state index is 6.98. The summed E-state index contributed by atoms with van der Waals surface area (Å²) >= 11 is 12.3. The highest BCUT2D eigenvalue weighted by Gasteiger charge is 2.03. The Morgan fingerprint density at radius 1 is 1.67 bits per heavy atom. The fraction of sp³-hybridized carbons (Fsp3) is 0. The zero-order valence-electron chi connectivity index (χ0n) is 4.32. The molecule has 1 aromatic heterocycles. The SMILES string of the molecule is N=C(Cl)c1sccc1Cl. The molecule has 1 aromatic rings. The Balaban J connectivity index is 3.08. The first kappa shape index (κ1) is 7.06. The summed E-state index contributed by atoms with van der Waals surface area (Å²) in [5, 5.41) is 9.35. The largest absolute Gasteiger partial charge is 0.288 e. The average Bonchev–Trinajstić information content (AvgIpc) is 2.13. The number of thiophene rings is 1. The van der Waals surface area contributed by atoms with Gasteiger partial charge in [0.15, 0.2) is 0 Å². The van der Waals surface area contributed by atoms with Crippen LogP contribution in [0.4, 0.5) is 0 Å². The molecule has 0 atom stereocenters. The summed E-state index contributed by atoms with van der Waals surface area (Å²) < 4.78 is 0. The van der Waals surface area contributed by atoms with Crippen molar-refractivity contribution >= 4 is 39.7 Å². The molecule has 0 saturated heterocycles. The van der Waals surface area contributed by atoms with Crippen molar-refractivity contribution in [3.63, 3.8) is 0 Å². The monoisotopic (exact) mass is 179 g/mol. The van der Waals surface area contributed by atoms with Crippen molar-refractivity contribution in [2.75, 3.05) is 0 Å². The van der Waals surface area contributed by atoms with E-state index in [2.05, 4.69) is 0 Å². The highest BCUT2D eigenvalue weighted by atomic mass is 35.5. The van der Waals surface area contributed by atoms with Crippen LogP contribution in [-0.2, 0) is 0 Å². The summed E-state index contributed by atoms with van der Waals surface area (Å²) in [5.74, 6) is 0. The molecule has 48 valence electrons. The van der Waals surface area contributed by atoms with Crippen molar-refractivity contribution in [2.45, 2.75) is 0 Å². The molecule has 1 rings (SSSR count). The second-order valence-electron chi connectivity index (χ2n) is 1.41. The normalized spacial score (nSPS) is 9.56. The van der Waals surface area contributed by atoms with E-state index in [9.17, 15) is 0 Å². The van der Waals surface area contributed by atoms with Gasteiger partial charge in [-0.05, 0) is 11.4 Å². The van der Waals surface area contributed by atoms with E-state index in [-0.39, 0.29) is 5.17 Å². The van der Waals surface area contributed by atoms with Gasteiger partial charge in [0.2, 0.25) is 0 Å². The predicted octanol–water partition coefficient (Wildman–Crippen LogP) is 2.97. The lowest BCUT2D eigenvalue weighted by molar-refractivity contribution is 1.56. The lowest BCUT2D eigenvalue weighted by Gasteiger charge is -1.86. The first-order valence-corrected chi connectivity index (χ1v) is 3.83. The van der Waals surface area contributed by atoms with Gasteiger partial charge in [0.25, 0.3) is 0 Å². The molecule has 0 radical (unpaired) electrons. The molecule has 0 spiro atoms. The Bertz CT molecular complexity index is 231. The number of halogens is 2. The summed E-state index contributed by atoms with van der Waals surface area (Å²) in [6.45, 7) is 0. The van der Waals surface area contributed by atoms with Crippen LogP contribution in [0.2, 0.25) is 5.02 Å². The van der Waals surface area contributed by atoms with E-state index in [4.69, 9.17) is 28.6 Å². The van der Waals surface area contributed by atoms with Gasteiger partial charge in [0.05, 0.1) is 9.90 Å². The molecule has 0 amide bonds. The second kappa shape index (κ2) is 2.69. The maximum absolute atomic E-state index is 6.98. The van der Waals surface area contributed by atoms with Crippen LogP contribution in [0.1, 0.15) is 4.88 Å². The van der Waals surface area contributed by atoms with Gasteiger partial charge in [-0.25, -0.2) is 0 Å². The van der Waals surface area contributed by atoms with Crippen LogP contribution < -0.4 is 0 Å². The number of hydrogen-bond donors (Lipinski definition) is 1. The van der Waals surface area contributed by atoms with Crippen LogP contribution in [0, 0.1) is 5.41 Å². The zero-order chi connectivity index (χ0) is 6.85. The molecular weight excluding hydrogens is 177 g/mol. The van der Waals surface area contributed by atoms with Crippen LogP contribution in [-0.4, -0.2) is 5.17 Å². The van der Waals surface area contributed by atoms with E-state index >= 15 is 0 Å². The molecule has 1 nitrogen and oxygen atoms in total. The minimum Gasteiger partial charge on any atom is -0.288 e. The van der Waals surface area contributed by atoms with Crippen molar-refractivity contribution in [2.24, 2.45) is 0 Å². The number of nitrogens with one attached hydrogen (secondary N) is 1. The van der Waals surface area contributed by atoms with Crippen molar-refractivity contribution in [1.82, 2.24) is 0 Å². The molecule has 1 N–H and O–H groups in total. The van der Waals surface area contributed by atoms with Crippen molar-refractivity contribution in [3.8, 4) is 0 Å². The number of rotatable bonds is 1. The molecule has 9 heavy (non-hydrogen) atoms. The summed E-state index contributed by atoms with van der Waals surface area (Å²) in [6.07, 6.45) is 0. The molecule has 4 heteroatoms. The summed E-state index contributed by atoms with van der Waals surface area (Å²) in [5.41, 5.74) is 0. The third kappa shape index (κ3) is 1.45. The van der Waals surface area contributed by atoms with Crippen LogP contribution in [0.15, 0.2) is 11.4 Å². The molecular formula is C5H3Cl2NS. The van der Waals surface area contributed by atoms with Gasteiger partial charge in [0, 0.05) is 0 Å². The quantitative estimate of drug-likeness (QED) is 0.642. The van der Waals surface area contributed by atoms with Crippen LogP contribution in [0.5, 0.6) is 0 Å². The van der Waals surface area contributed by atoms with Gasteiger partial charge < -0.3 is 0 Å². The molecule has 0 aliphatic carbocycles. The summed E-state index contributed by atoms with van der Waals surface area (Å²) in [7, 11) is 0. The fourth-order valence-corrected chi connectivity index (χ4v) is 1.72. The average molecular weight is 180 g/mol. The first-order valence-electron chi connectivity index (χ1n) is 2.19. The van der Waals surface area contributed by atoms with Gasteiger partial charge in [0.1, 0.15) is 5.17 Å². The Labute approximate surface area is 66.7 Å². The second-order valence-corrected chi connectivity index (χ2v) is 3.11. The van der Waals surface area contributed by atoms with Gasteiger partial charge in [-0.1, -0.05) is 23.2 Å².